The van der Waals surface area contributed by atoms with E-state index in [9.17, 15) is 19.2 Å². The molecule has 2 fully saturated rings. The van der Waals surface area contributed by atoms with Crippen LogP contribution in [0.15, 0.2) is 52.5 Å². The second-order valence-corrected chi connectivity index (χ2v) is 13.3. The number of hydrogen-bond donors (Lipinski definition) is 0. The largest absolute Gasteiger partial charge is 0.497 e. The number of allylic oxidation sites excluding steroid dienone is 2. The lowest BCUT2D eigenvalue weighted by atomic mass is 9.84. The van der Waals surface area contributed by atoms with Gasteiger partial charge in [-0.1, -0.05) is 69.6 Å². The molecular weight excluding hydrogens is 692 g/mol. The number of nitrogens with zero attached hydrogens (tertiary/aromatic N) is 2. The number of halogens is 8. The Morgan fingerprint density at radius 2 is 1.32 bits per heavy atom. The predicted molar refractivity (Wildman–Crippen MR) is 154 cm³/mol. The third-order valence-corrected chi connectivity index (χ3v) is 12.2. The molecule has 210 valence electrons. The maximum atomic E-state index is 13.9. The van der Waals surface area contributed by atoms with E-state index in [0.29, 0.717) is 15.8 Å². The number of benzene rings is 2. The molecule has 3 aliphatic rings. The molecule has 2 aromatic carbocycles. The number of rotatable bonds is 6. The number of carbonyl (C=O) groups is 4. The average molecular weight is 706 g/mol. The second kappa shape index (κ2) is 10.1. The van der Waals surface area contributed by atoms with Gasteiger partial charge in [0.15, 0.2) is 10.1 Å². The zero-order valence-electron chi connectivity index (χ0n) is 19.9. The molecule has 2 bridgehead atoms. The maximum absolute atomic E-state index is 13.9. The molecule has 2 aliphatic carbocycles. The fraction of sp³-hybridized carbons (Fsp3) is 0.280. The van der Waals surface area contributed by atoms with E-state index in [1.54, 1.807) is 0 Å². The van der Waals surface area contributed by atoms with Gasteiger partial charge in [-0.05, 0) is 42.5 Å². The molecule has 1 aliphatic heterocycles. The van der Waals surface area contributed by atoms with Gasteiger partial charge in [0.1, 0.15) is 22.0 Å². The minimum atomic E-state index is -2.17. The molecule has 40 heavy (non-hydrogen) atoms. The number of amides is 3. The molecule has 7 nitrogen and oxygen atoms in total. The van der Waals surface area contributed by atoms with E-state index in [2.05, 4.69) is 0 Å². The van der Waals surface area contributed by atoms with Crippen molar-refractivity contribution < 1.29 is 23.9 Å². The van der Waals surface area contributed by atoms with Crippen LogP contribution in [0, 0.1) is 11.8 Å². The molecule has 0 unspecified atom stereocenters. The van der Waals surface area contributed by atoms with Crippen molar-refractivity contribution in [1.29, 1.82) is 0 Å². The Balaban J connectivity index is 1.59. The Labute approximate surface area is 267 Å². The predicted octanol–water partition coefficient (Wildman–Crippen LogP) is 6.69. The summed E-state index contributed by atoms with van der Waals surface area (Å²) < 4.78 is 2.94. The van der Waals surface area contributed by atoms with Gasteiger partial charge >= 0.3 is 0 Å². The van der Waals surface area contributed by atoms with Crippen LogP contribution in [-0.4, -0.2) is 61.3 Å². The van der Waals surface area contributed by atoms with E-state index in [0.717, 1.165) is 0 Å². The number of Topliss-reactive ketones (excluding diaryl/α,β-unsaturated/α-hetero) is 1. The van der Waals surface area contributed by atoms with Gasteiger partial charge < -0.3 is 4.74 Å². The Kier molecular flexibility index (Phi) is 7.58. The van der Waals surface area contributed by atoms with Crippen molar-refractivity contribution >= 4 is 116 Å². The number of hydrogen-bond acceptors (Lipinski definition) is 5. The van der Waals surface area contributed by atoms with Crippen LogP contribution in [0.5, 0.6) is 5.75 Å². The fourth-order valence-electron chi connectivity index (χ4n) is 5.23. The number of fused-ring (bicyclic) bond motifs is 5. The molecule has 3 amide bonds. The normalized spacial score (nSPS) is 28.3. The monoisotopic (exact) mass is 702 g/mol. The minimum Gasteiger partial charge on any atom is -0.497 e. The Morgan fingerprint density at radius 3 is 1.80 bits per heavy atom. The topological polar surface area (TPSA) is 84.0 Å². The van der Waals surface area contributed by atoms with Crippen molar-refractivity contribution in [3.05, 3.63) is 73.7 Å². The fourth-order valence-corrected chi connectivity index (χ4v) is 8.46. The number of hydrazine groups is 1. The van der Waals surface area contributed by atoms with Crippen molar-refractivity contribution in [3.8, 4) is 5.75 Å². The Hall–Kier alpha value is -1.42. The Morgan fingerprint density at radius 1 is 0.825 bits per heavy atom. The van der Waals surface area contributed by atoms with Crippen molar-refractivity contribution in [2.45, 2.75) is 14.1 Å². The van der Waals surface area contributed by atoms with Gasteiger partial charge in [0.25, 0.3) is 17.7 Å². The zero-order valence-corrected chi connectivity index (χ0v) is 25.9. The van der Waals surface area contributed by atoms with E-state index < -0.39 is 56.0 Å². The van der Waals surface area contributed by atoms with E-state index >= 15 is 0 Å². The molecule has 0 spiro atoms. The van der Waals surface area contributed by atoms with Crippen LogP contribution in [0.3, 0.4) is 0 Å². The summed E-state index contributed by atoms with van der Waals surface area (Å²) in [7, 11) is 1.46. The first-order valence-corrected chi connectivity index (χ1v) is 14.3. The summed E-state index contributed by atoms with van der Waals surface area (Å²) in [5.74, 6) is -6.08. The lowest BCUT2D eigenvalue weighted by Crippen LogP contribution is -2.56. The van der Waals surface area contributed by atoms with Crippen molar-refractivity contribution in [3.63, 3.8) is 0 Å². The smallest absolute Gasteiger partial charge is 0.273 e. The molecule has 5 rings (SSSR count). The minimum absolute atomic E-state index is 0.0270. The highest BCUT2D eigenvalue weighted by atomic mass is 35.5. The molecule has 1 heterocycles. The molecular formula is C25H14Cl8N2O5. The second-order valence-electron chi connectivity index (χ2n) is 9.21. The highest BCUT2D eigenvalue weighted by Gasteiger charge is 2.88. The molecule has 4 atom stereocenters. The highest BCUT2D eigenvalue weighted by molar-refractivity contribution is 6.66. The van der Waals surface area contributed by atoms with Crippen LogP contribution in [0.2, 0.25) is 10.0 Å². The summed E-state index contributed by atoms with van der Waals surface area (Å²) in [6, 6.07) is 9.91. The number of alkyl halides is 4. The van der Waals surface area contributed by atoms with Crippen LogP contribution in [0.25, 0.3) is 0 Å². The first kappa shape index (κ1) is 30.1. The lowest BCUT2D eigenvalue weighted by Gasteiger charge is -2.36. The van der Waals surface area contributed by atoms with Crippen LogP contribution in [0.1, 0.15) is 20.7 Å². The average Bonchev–Trinajstić information content (AvgIpc) is 3.31. The summed E-state index contributed by atoms with van der Waals surface area (Å²) in [6.07, 6.45) is 0. The first-order chi connectivity index (χ1) is 18.6. The lowest BCUT2D eigenvalue weighted by molar-refractivity contribution is -0.154. The molecule has 1 saturated carbocycles. The van der Waals surface area contributed by atoms with Gasteiger partial charge in [0.2, 0.25) is 0 Å². The summed E-state index contributed by atoms with van der Waals surface area (Å²) in [5, 5.41) is 0.787. The van der Waals surface area contributed by atoms with E-state index in [1.807, 2.05) is 0 Å². The summed E-state index contributed by atoms with van der Waals surface area (Å²) >= 11 is 51.5. The number of ether oxygens (including phenoxy) is 1. The maximum Gasteiger partial charge on any atom is 0.273 e. The van der Waals surface area contributed by atoms with Crippen molar-refractivity contribution in [1.82, 2.24) is 10.0 Å². The molecule has 0 aromatic heterocycles. The zero-order chi connectivity index (χ0) is 29.5. The van der Waals surface area contributed by atoms with Crippen molar-refractivity contribution in [2.75, 3.05) is 13.7 Å². The number of imide groups is 1. The molecule has 0 radical (unpaired) electrons. The standard InChI is InChI=1S/C25H14Cl8N2O5/c1-40-12-5-2-10(3-6-12)15(36)9-34(20(37)11-4-7-13(26)14(27)8-11)35-21(38)16-17(22(35)39)24(31)19(29)18(28)23(16,30)25(24,32)33/h2-8,16-17H,9H2,1H3/t16-,17+,23-,24-/m1/s1. The van der Waals surface area contributed by atoms with Crippen LogP contribution >= 0.6 is 92.8 Å². The van der Waals surface area contributed by atoms with Crippen LogP contribution in [0.4, 0.5) is 0 Å². The SMILES string of the molecule is COc1ccc(C(=O)CN(C(=O)c2ccc(Cl)c(Cl)c2)N2C(=O)[C@@H]3[C@H](C2=O)[C@@]2(Cl)C(Cl)=C(Cl)[C@@]3(Cl)C2(Cl)Cl)cc1. The van der Waals surface area contributed by atoms with E-state index in [4.69, 9.17) is 97.5 Å². The molecule has 2 aromatic rings. The quantitative estimate of drug-likeness (QED) is 0.190. The van der Waals surface area contributed by atoms with Gasteiger partial charge in [-0.15, -0.1) is 23.2 Å². The van der Waals surface area contributed by atoms with Crippen LogP contribution < -0.4 is 4.74 Å². The molecule has 0 N–H and O–H groups in total. The van der Waals surface area contributed by atoms with Crippen molar-refractivity contribution in [2.24, 2.45) is 11.8 Å². The van der Waals surface area contributed by atoms with Gasteiger partial charge in [0, 0.05) is 11.1 Å². The number of carbonyl (C=O) groups excluding carboxylic acids is 4. The van der Waals surface area contributed by atoms with Crippen LogP contribution in [-0.2, 0) is 9.59 Å². The van der Waals surface area contributed by atoms with Gasteiger partial charge in [-0.3, -0.25) is 19.2 Å². The highest BCUT2D eigenvalue weighted by Crippen LogP contribution is 2.77. The molecule has 15 heteroatoms. The number of methoxy groups -OCH3 is 1. The third-order valence-electron chi connectivity index (χ3n) is 7.23. The molecule has 1 saturated heterocycles. The van der Waals surface area contributed by atoms with E-state index in [1.165, 1.54) is 49.6 Å². The van der Waals surface area contributed by atoms with Gasteiger partial charge in [0.05, 0.1) is 39.1 Å². The van der Waals surface area contributed by atoms with E-state index in [-0.39, 0.29) is 31.2 Å². The number of ketones is 1. The van der Waals surface area contributed by atoms with Gasteiger partial charge in [-0.25, -0.2) is 5.01 Å². The summed E-state index contributed by atoms with van der Waals surface area (Å²) in [6.45, 7) is -0.741. The first-order valence-electron chi connectivity index (χ1n) is 11.3. The Bertz CT molecular complexity index is 1480. The summed E-state index contributed by atoms with van der Waals surface area (Å²) in [5.41, 5.74) is 0.0972. The van der Waals surface area contributed by atoms with Gasteiger partial charge in [-0.2, -0.15) is 5.01 Å². The third kappa shape index (κ3) is 3.86. The summed E-state index contributed by atoms with van der Waals surface area (Å²) in [4.78, 5) is 50.8.